The van der Waals surface area contributed by atoms with Crippen molar-refractivity contribution < 1.29 is 18.3 Å². The van der Waals surface area contributed by atoms with Crippen molar-refractivity contribution in [3.63, 3.8) is 0 Å². The fourth-order valence-electron chi connectivity index (χ4n) is 2.29. The van der Waals surface area contributed by atoms with E-state index in [1.165, 1.54) is 14.0 Å². The average Bonchev–Trinajstić information content (AvgIpc) is 2.36. The first-order valence-corrected chi connectivity index (χ1v) is 8.20. The van der Waals surface area contributed by atoms with Crippen LogP contribution in [-0.4, -0.2) is 37.4 Å². The molecule has 0 aliphatic rings. The number of benzene rings is 1. The molecule has 1 aromatic rings. The predicted octanol–water partition coefficient (Wildman–Crippen LogP) is 2.26. The maximum absolute atomic E-state index is 12.8. The van der Waals surface area contributed by atoms with Crippen LogP contribution in [-0.2, 0) is 14.8 Å². The van der Waals surface area contributed by atoms with E-state index in [0.29, 0.717) is 16.0 Å². The Morgan fingerprint density at radius 1 is 1.19 bits per heavy atom. The third-order valence-corrected chi connectivity index (χ3v) is 6.02. The molecule has 1 N–H and O–H groups in total. The van der Waals surface area contributed by atoms with Gasteiger partial charge in [0.25, 0.3) is 0 Å². The Kier molecular flexibility index (Phi) is 5.17. The number of sulfonamides is 1. The summed E-state index contributed by atoms with van der Waals surface area (Å²) < 4.78 is 26.7. The van der Waals surface area contributed by atoms with Crippen molar-refractivity contribution in [2.75, 3.05) is 13.6 Å². The first kappa shape index (κ1) is 17.7. The van der Waals surface area contributed by atoms with E-state index in [2.05, 4.69) is 0 Å². The van der Waals surface area contributed by atoms with E-state index in [0.717, 1.165) is 15.4 Å². The molecule has 1 atom stereocenters. The van der Waals surface area contributed by atoms with Crippen LogP contribution in [0.1, 0.15) is 29.2 Å². The number of rotatable bonds is 5. The van der Waals surface area contributed by atoms with Crippen molar-refractivity contribution in [3.8, 4) is 0 Å². The Balaban J connectivity index is 3.35. The minimum Gasteiger partial charge on any atom is -0.481 e. The molecule has 0 heterocycles. The molecule has 0 bridgehead atoms. The monoisotopic (exact) mass is 313 g/mol. The van der Waals surface area contributed by atoms with E-state index in [1.807, 2.05) is 19.9 Å². The highest BCUT2D eigenvalue weighted by Gasteiger charge is 2.28. The molecule has 5 nitrogen and oxygen atoms in total. The summed E-state index contributed by atoms with van der Waals surface area (Å²) in [6.45, 7) is 8.76. The van der Waals surface area contributed by atoms with Crippen LogP contribution in [0.3, 0.4) is 0 Å². The van der Waals surface area contributed by atoms with Gasteiger partial charge in [-0.05, 0) is 49.9 Å². The number of aryl methyl sites for hydroxylation is 2. The number of aliphatic carboxylic acids is 1. The molecular formula is C15H23NO4S. The highest BCUT2D eigenvalue weighted by Crippen LogP contribution is 2.28. The Morgan fingerprint density at radius 2 is 1.62 bits per heavy atom. The molecule has 0 amide bonds. The fraction of sp³-hybridized carbons (Fsp3) is 0.533. The van der Waals surface area contributed by atoms with Crippen molar-refractivity contribution in [2.45, 2.75) is 39.5 Å². The van der Waals surface area contributed by atoms with Gasteiger partial charge in [0.05, 0.1) is 10.8 Å². The first-order chi connectivity index (χ1) is 9.50. The van der Waals surface area contributed by atoms with E-state index in [4.69, 9.17) is 5.11 Å². The standard InChI is InChI=1S/C15H23NO4S/c1-9-7-10(2)13(5)14(12(9)4)21(19,20)16(6)8-11(3)15(17)18/h7,11H,8H2,1-6H3,(H,17,18). The molecule has 0 fully saturated rings. The molecule has 1 rings (SSSR count). The quantitative estimate of drug-likeness (QED) is 0.905. The molecule has 0 aliphatic heterocycles. The second kappa shape index (κ2) is 6.15. The van der Waals surface area contributed by atoms with Crippen LogP contribution in [0.4, 0.5) is 0 Å². The third kappa shape index (κ3) is 3.44. The molecule has 6 heteroatoms. The summed E-state index contributed by atoms with van der Waals surface area (Å²) in [7, 11) is -2.28. The van der Waals surface area contributed by atoms with Crippen molar-refractivity contribution in [3.05, 3.63) is 28.3 Å². The zero-order chi connectivity index (χ0) is 16.5. The summed E-state index contributed by atoms with van der Waals surface area (Å²) in [6.07, 6.45) is 0. The zero-order valence-electron chi connectivity index (χ0n) is 13.4. The SMILES string of the molecule is Cc1cc(C)c(C)c(S(=O)(=O)N(C)CC(C)C(=O)O)c1C. The largest absolute Gasteiger partial charge is 0.481 e. The lowest BCUT2D eigenvalue weighted by Crippen LogP contribution is -2.34. The highest BCUT2D eigenvalue weighted by molar-refractivity contribution is 7.89. The molecule has 0 saturated heterocycles. The zero-order valence-corrected chi connectivity index (χ0v) is 14.2. The first-order valence-electron chi connectivity index (χ1n) is 6.76. The van der Waals surface area contributed by atoms with Crippen molar-refractivity contribution in [2.24, 2.45) is 5.92 Å². The number of carbonyl (C=O) groups is 1. The summed E-state index contributed by atoms with van der Waals surface area (Å²) in [5.41, 5.74) is 3.26. The topological polar surface area (TPSA) is 74.7 Å². The number of hydrogen-bond acceptors (Lipinski definition) is 3. The van der Waals surface area contributed by atoms with Gasteiger partial charge in [-0.3, -0.25) is 4.79 Å². The van der Waals surface area contributed by atoms with Gasteiger partial charge in [-0.15, -0.1) is 0 Å². The second-order valence-electron chi connectivity index (χ2n) is 5.61. The highest BCUT2D eigenvalue weighted by atomic mass is 32.2. The molecule has 0 aliphatic carbocycles. The molecule has 21 heavy (non-hydrogen) atoms. The van der Waals surface area contributed by atoms with Crippen molar-refractivity contribution in [1.29, 1.82) is 0 Å². The van der Waals surface area contributed by atoms with Gasteiger partial charge in [-0.2, -0.15) is 0 Å². The van der Waals surface area contributed by atoms with E-state index >= 15 is 0 Å². The predicted molar refractivity (Wildman–Crippen MR) is 82.0 cm³/mol. The van der Waals surface area contributed by atoms with E-state index in [1.54, 1.807) is 13.8 Å². The maximum atomic E-state index is 12.8. The molecule has 1 aromatic carbocycles. The van der Waals surface area contributed by atoms with Gasteiger partial charge in [0, 0.05) is 13.6 Å². The summed E-state index contributed by atoms with van der Waals surface area (Å²) >= 11 is 0. The summed E-state index contributed by atoms with van der Waals surface area (Å²) in [5.74, 6) is -1.76. The molecule has 0 spiro atoms. The number of carboxylic acid groups (broad SMARTS) is 1. The summed E-state index contributed by atoms with van der Waals surface area (Å²) in [6, 6.07) is 1.96. The maximum Gasteiger partial charge on any atom is 0.307 e. The van der Waals surface area contributed by atoms with Gasteiger partial charge in [0.1, 0.15) is 0 Å². The Bertz CT molecular complexity index is 638. The molecule has 0 radical (unpaired) electrons. The average molecular weight is 313 g/mol. The van der Waals surface area contributed by atoms with Crippen LogP contribution in [0, 0.1) is 33.6 Å². The lowest BCUT2D eigenvalue weighted by molar-refractivity contribution is -0.141. The number of carboxylic acids is 1. The minimum absolute atomic E-state index is 0.0520. The molecule has 118 valence electrons. The van der Waals surface area contributed by atoms with Crippen LogP contribution < -0.4 is 0 Å². The van der Waals surface area contributed by atoms with Crippen LogP contribution >= 0.6 is 0 Å². The summed E-state index contributed by atoms with van der Waals surface area (Å²) in [5, 5.41) is 8.94. The van der Waals surface area contributed by atoms with Crippen molar-refractivity contribution in [1.82, 2.24) is 4.31 Å². The second-order valence-corrected chi connectivity index (χ2v) is 7.60. The molecular weight excluding hydrogens is 290 g/mol. The Morgan fingerprint density at radius 3 is 2.00 bits per heavy atom. The van der Waals surface area contributed by atoms with Gasteiger partial charge in [-0.25, -0.2) is 12.7 Å². The Labute approximate surface area is 126 Å². The lowest BCUT2D eigenvalue weighted by Gasteiger charge is -2.23. The van der Waals surface area contributed by atoms with E-state index in [9.17, 15) is 13.2 Å². The van der Waals surface area contributed by atoms with Crippen molar-refractivity contribution >= 4 is 16.0 Å². The normalized spacial score (nSPS) is 13.5. The van der Waals surface area contributed by atoms with E-state index in [-0.39, 0.29) is 6.54 Å². The van der Waals surface area contributed by atoms with Gasteiger partial charge in [-0.1, -0.05) is 13.0 Å². The molecule has 0 saturated carbocycles. The van der Waals surface area contributed by atoms with E-state index < -0.39 is 21.9 Å². The third-order valence-electron chi connectivity index (χ3n) is 3.92. The summed E-state index contributed by atoms with van der Waals surface area (Å²) in [4.78, 5) is 11.2. The minimum atomic E-state index is -3.70. The number of hydrogen-bond donors (Lipinski definition) is 1. The lowest BCUT2D eigenvalue weighted by atomic mass is 10.0. The van der Waals surface area contributed by atoms with Crippen LogP contribution in [0.2, 0.25) is 0 Å². The fourth-order valence-corrected chi connectivity index (χ4v) is 4.11. The number of nitrogens with zero attached hydrogens (tertiary/aromatic N) is 1. The molecule has 1 unspecified atom stereocenters. The van der Waals surface area contributed by atoms with Gasteiger partial charge >= 0.3 is 5.97 Å². The Hall–Kier alpha value is -1.40. The van der Waals surface area contributed by atoms with Crippen LogP contribution in [0.5, 0.6) is 0 Å². The van der Waals surface area contributed by atoms with Crippen LogP contribution in [0.15, 0.2) is 11.0 Å². The van der Waals surface area contributed by atoms with Gasteiger partial charge in [0.15, 0.2) is 0 Å². The molecule has 0 aromatic heterocycles. The van der Waals surface area contributed by atoms with Crippen LogP contribution in [0.25, 0.3) is 0 Å². The van der Waals surface area contributed by atoms with Gasteiger partial charge in [0.2, 0.25) is 10.0 Å². The van der Waals surface area contributed by atoms with Gasteiger partial charge < -0.3 is 5.11 Å². The smallest absolute Gasteiger partial charge is 0.307 e.